The predicted molar refractivity (Wildman–Crippen MR) is 77.8 cm³/mol. The van der Waals surface area contributed by atoms with Gasteiger partial charge in [0.25, 0.3) is 0 Å². The zero-order chi connectivity index (χ0) is 14.4. The topological polar surface area (TPSA) is 58.4 Å². The number of aliphatic carboxylic acids is 1. The molecule has 1 unspecified atom stereocenters. The standard InChI is InChI=1S/C13H23N3O2S/c1-5-15(6-2)8-11(4)16-7-10(3)14-13(16)19-9-12(17)18/h7,11H,5-6,8-9H2,1-4H3,(H,17,18). The maximum atomic E-state index is 10.7. The number of carbonyl (C=O) groups is 1. The average Bonchev–Trinajstić information content (AvgIpc) is 2.74. The quantitative estimate of drug-likeness (QED) is 0.743. The summed E-state index contributed by atoms with van der Waals surface area (Å²) in [6.45, 7) is 11.4. The van der Waals surface area contributed by atoms with Crippen molar-refractivity contribution in [3.63, 3.8) is 0 Å². The van der Waals surface area contributed by atoms with Gasteiger partial charge >= 0.3 is 5.97 Å². The number of hydrogen-bond donors (Lipinski definition) is 1. The molecule has 0 fully saturated rings. The summed E-state index contributed by atoms with van der Waals surface area (Å²) >= 11 is 1.28. The van der Waals surface area contributed by atoms with E-state index < -0.39 is 5.97 Å². The number of carboxylic acid groups (broad SMARTS) is 1. The molecule has 5 nitrogen and oxygen atoms in total. The number of aromatic nitrogens is 2. The first-order valence-corrected chi connectivity index (χ1v) is 7.58. The van der Waals surface area contributed by atoms with Crippen LogP contribution in [0.15, 0.2) is 11.4 Å². The van der Waals surface area contributed by atoms with Crippen LogP contribution in [0, 0.1) is 6.92 Å². The van der Waals surface area contributed by atoms with E-state index in [0.29, 0.717) is 0 Å². The van der Waals surface area contributed by atoms with Gasteiger partial charge < -0.3 is 14.6 Å². The van der Waals surface area contributed by atoms with Crippen LogP contribution in [0.4, 0.5) is 0 Å². The number of aryl methyl sites for hydroxylation is 1. The Kier molecular flexibility index (Phi) is 6.37. The minimum atomic E-state index is -0.811. The van der Waals surface area contributed by atoms with Crippen LogP contribution in [-0.4, -0.2) is 50.9 Å². The van der Waals surface area contributed by atoms with Crippen LogP contribution in [0.25, 0.3) is 0 Å². The van der Waals surface area contributed by atoms with E-state index in [1.165, 1.54) is 11.8 Å². The van der Waals surface area contributed by atoms with Crippen LogP contribution in [0.2, 0.25) is 0 Å². The SMILES string of the molecule is CCN(CC)CC(C)n1cc(C)nc1SCC(=O)O. The molecular weight excluding hydrogens is 262 g/mol. The van der Waals surface area contributed by atoms with Crippen molar-refractivity contribution in [2.75, 3.05) is 25.4 Å². The number of rotatable bonds is 8. The molecule has 19 heavy (non-hydrogen) atoms. The Hall–Kier alpha value is -1.01. The van der Waals surface area contributed by atoms with Crippen LogP contribution < -0.4 is 0 Å². The molecule has 1 aromatic rings. The van der Waals surface area contributed by atoms with Gasteiger partial charge in [0, 0.05) is 18.8 Å². The molecule has 108 valence electrons. The molecule has 1 aromatic heterocycles. The van der Waals surface area contributed by atoms with Crippen molar-refractivity contribution in [1.29, 1.82) is 0 Å². The minimum absolute atomic E-state index is 0.0500. The summed E-state index contributed by atoms with van der Waals surface area (Å²) in [4.78, 5) is 17.4. The zero-order valence-electron chi connectivity index (χ0n) is 12.1. The van der Waals surface area contributed by atoms with Gasteiger partial charge in [-0.05, 0) is 26.9 Å². The predicted octanol–water partition coefficient (Wildman–Crippen LogP) is 2.27. The van der Waals surface area contributed by atoms with Gasteiger partial charge in [-0.1, -0.05) is 25.6 Å². The van der Waals surface area contributed by atoms with E-state index in [9.17, 15) is 4.79 Å². The van der Waals surface area contributed by atoms with Crippen molar-refractivity contribution in [3.05, 3.63) is 11.9 Å². The smallest absolute Gasteiger partial charge is 0.313 e. The second kappa shape index (κ2) is 7.55. The molecule has 0 aliphatic carbocycles. The van der Waals surface area contributed by atoms with E-state index in [0.717, 1.165) is 30.5 Å². The van der Waals surface area contributed by atoms with Crippen LogP contribution in [0.3, 0.4) is 0 Å². The summed E-state index contributed by atoms with van der Waals surface area (Å²) in [5.74, 6) is -0.761. The number of thioether (sulfide) groups is 1. The summed E-state index contributed by atoms with van der Waals surface area (Å²) in [6, 6.07) is 0.289. The van der Waals surface area contributed by atoms with Crippen molar-refractivity contribution < 1.29 is 9.90 Å². The van der Waals surface area contributed by atoms with E-state index >= 15 is 0 Å². The molecule has 1 atom stereocenters. The van der Waals surface area contributed by atoms with E-state index in [-0.39, 0.29) is 11.8 Å². The molecule has 6 heteroatoms. The normalized spacial score (nSPS) is 12.9. The average molecular weight is 285 g/mol. The van der Waals surface area contributed by atoms with Gasteiger partial charge in [-0.15, -0.1) is 0 Å². The number of likely N-dealkylation sites (N-methyl/N-ethyl adjacent to an activating group) is 1. The molecule has 0 aliphatic heterocycles. The second-order valence-electron chi connectivity index (χ2n) is 4.59. The van der Waals surface area contributed by atoms with Crippen LogP contribution in [0.5, 0.6) is 0 Å². The van der Waals surface area contributed by atoms with Gasteiger partial charge in [-0.25, -0.2) is 4.98 Å². The number of carboxylic acids is 1. The maximum absolute atomic E-state index is 10.7. The molecule has 1 heterocycles. The molecular formula is C13H23N3O2S. The van der Waals surface area contributed by atoms with E-state index in [4.69, 9.17) is 5.11 Å². The molecule has 0 spiro atoms. The van der Waals surface area contributed by atoms with Crippen molar-refractivity contribution in [1.82, 2.24) is 14.5 Å². The summed E-state index contributed by atoms with van der Waals surface area (Å²) in [7, 11) is 0. The zero-order valence-corrected chi connectivity index (χ0v) is 12.9. The second-order valence-corrected chi connectivity index (χ2v) is 5.53. The molecule has 0 aromatic carbocycles. The fraction of sp³-hybridized carbons (Fsp3) is 0.692. The van der Waals surface area contributed by atoms with E-state index in [1.807, 2.05) is 13.1 Å². The highest BCUT2D eigenvalue weighted by molar-refractivity contribution is 7.99. The fourth-order valence-corrected chi connectivity index (χ4v) is 2.83. The van der Waals surface area contributed by atoms with Crippen LogP contribution in [-0.2, 0) is 4.79 Å². The molecule has 0 bridgehead atoms. The summed E-state index contributed by atoms with van der Waals surface area (Å²) in [5, 5.41) is 9.56. The van der Waals surface area contributed by atoms with Gasteiger partial charge in [0.1, 0.15) is 0 Å². The van der Waals surface area contributed by atoms with Gasteiger partial charge in [0.2, 0.25) is 0 Å². The Morgan fingerprint density at radius 2 is 2.16 bits per heavy atom. The Labute approximate surface area is 119 Å². The molecule has 1 N–H and O–H groups in total. The summed E-state index contributed by atoms with van der Waals surface area (Å²) in [6.07, 6.45) is 2.00. The molecule has 0 saturated heterocycles. The highest BCUT2D eigenvalue weighted by Gasteiger charge is 2.15. The fourth-order valence-electron chi connectivity index (χ4n) is 1.99. The van der Waals surface area contributed by atoms with Gasteiger partial charge in [-0.2, -0.15) is 0 Å². The largest absolute Gasteiger partial charge is 0.481 e. The van der Waals surface area contributed by atoms with Crippen molar-refractivity contribution >= 4 is 17.7 Å². The lowest BCUT2D eigenvalue weighted by molar-refractivity contribution is -0.133. The Bertz CT molecular complexity index is 416. The maximum Gasteiger partial charge on any atom is 0.313 e. The lowest BCUT2D eigenvalue weighted by Crippen LogP contribution is -2.29. The van der Waals surface area contributed by atoms with Crippen LogP contribution in [0.1, 0.15) is 32.5 Å². The van der Waals surface area contributed by atoms with Gasteiger partial charge in [-0.3, -0.25) is 4.79 Å². The van der Waals surface area contributed by atoms with Gasteiger partial charge in [0.15, 0.2) is 5.16 Å². The first-order chi connectivity index (χ1) is 8.97. The third-order valence-corrected chi connectivity index (χ3v) is 3.99. The molecule has 1 rings (SSSR count). The Balaban J connectivity index is 2.77. The highest BCUT2D eigenvalue weighted by Crippen LogP contribution is 2.22. The Morgan fingerprint density at radius 1 is 1.53 bits per heavy atom. The third kappa shape index (κ3) is 4.87. The third-order valence-electron chi connectivity index (χ3n) is 3.04. The summed E-state index contributed by atoms with van der Waals surface area (Å²) in [5.41, 5.74) is 0.930. The number of hydrogen-bond acceptors (Lipinski definition) is 4. The molecule has 0 amide bonds. The minimum Gasteiger partial charge on any atom is -0.481 e. The van der Waals surface area contributed by atoms with Crippen molar-refractivity contribution in [2.45, 2.75) is 38.9 Å². The molecule has 0 aliphatic rings. The first kappa shape index (κ1) is 16.0. The lowest BCUT2D eigenvalue weighted by atomic mass is 10.3. The van der Waals surface area contributed by atoms with Gasteiger partial charge in [0.05, 0.1) is 11.4 Å². The molecule has 0 radical (unpaired) electrons. The van der Waals surface area contributed by atoms with E-state index in [2.05, 4.69) is 35.2 Å². The highest BCUT2D eigenvalue weighted by atomic mass is 32.2. The summed E-state index contributed by atoms with van der Waals surface area (Å²) < 4.78 is 2.08. The van der Waals surface area contributed by atoms with Crippen LogP contribution >= 0.6 is 11.8 Å². The first-order valence-electron chi connectivity index (χ1n) is 6.60. The number of imidazole rings is 1. The number of nitrogens with zero attached hydrogens (tertiary/aromatic N) is 3. The molecule has 0 saturated carbocycles. The Morgan fingerprint density at radius 3 is 2.68 bits per heavy atom. The van der Waals surface area contributed by atoms with E-state index in [1.54, 1.807) is 0 Å². The lowest BCUT2D eigenvalue weighted by Gasteiger charge is -2.24. The van der Waals surface area contributed by atoms with Crippen molar-refractivity contribution in [2.24, 2.45) is 0 Å². The monoisotopic (exact) mass is 285 g/mol. The van der Waals surface area contributed by atoms with Crippen molar-refractivity contribution in [3.8, 4) is 0 Å².